The molecule has 1 aromatic heterocycles. The van der Waals surface area contributed by atoms with Crippen LogP contribution in [0.15, 0.2) is 47.5 Å². The largest absolute Gasteiger partial charge is 0.497 e. The fourth-order valence-electron chi connectivity index (χ4n) is 2.73. The smallest absolute Gasteiger partial charge is 0.338 e. The summed E-state index contributed by atoms with van der Waals surface area (Å²) in [6.45, 7) is 1.87. The highest BCUT2D eigenvalue weighted by Crippen LogP contribution is 2.20. The van der Waals surface area contributed by atoms with E-state index in [-0.39, 0.29) is 13.2 Å². The van der Waals surface area contributed by atoms with Gasteiger partial charge in [0.1, 0.15) is 12.3 Å². The van der Waals surface area contributed by atoms with Gasteiger partial charge in [0.2, 0.25) is 0 Å². The van der Waals surface area contributed by atoms with E-state index in [1.54, 1.807) is 61.1 Å². The van der Waals surface area contributed by atoms with Gasteiger partial charge < -0.3 is 18.8 Å². The second-order valence-electron chi connectivity index (χ2n) is 6.10. The number of carbonyl (C=O) groups excluding carboxylic acids is 3. The first-order valence-corrected chi connectivity index (χ1v) is 9.89. The summed E-state index contributed by atoms with van der Waals surface area (Å²) in [7, 11) is 2.83. The Bertz CT molecular complexity index is 1160. The molecule has 0 radical (unpaired) electrons. The first-order valence-electron chi connectivity index (χ1n) is 9.07. The molecule has 2 aromatic carbocycles. The van der Waals surface area contributed by atoms with Crippen LogP contribution >= 0.6 is 11.3 Å². The summed E-state index contributed by atoms with van der Waals surface area (Å²) in [6.07, 6.45) is 0. The molecule has 0 atom stereocenters. The third-order valence-corrected chi connectivity index (χ3v) is 5.28. The second kappa shape index (κ2) is 9.36. The number of carbonyl (C=O) groups is 3. The summed E-state index contributed by atoms with van der Waals surface area (Å²) in [5.41, 5.74) is 1.41. The molecule has 3 aromatic rings. The lowest BCUT2D eigenvalue weighted by molar-refractivity contribution is -0.141. The van der Waals surface area contributed by atoms with Crippen molar-refractivity contribution in [3.05, 3.63) is 58.4 Å². The van der Waals surface area contributed by atoms with Gasteiger partial charge in [-0.1, -0.05) is 11.3 Å². The molecule has 0 unspecified atom stereocenters. The third-order valence-electron chi connectivity index (χ3n) is 4.24. The number of aromatic nitrogens is 1. The zero-order valence-electron chi connectivity index (χ0n) is 16.7. The van der Waals surface area contributed by atoms with Crippen molar-refractivity contribution in [3.8, 4) is 5.75 Å². The van der Waals surface area contributed by atoms with E-state index in [1.165, 1.54) is 18.4 Å². The number of hydrogen-bond donors (Lipinski definition) is 0. The number of thiazole rings is 1. The fraction of sp³-hybridized carbons (Fsp3) is 0.238. The van der Waals surface area contributed by atoms with Crippen molar-refractivity contribution in [3.63, 3.8) is 0 Å². The van der Waals surface area contributed by atoms with Crippen molar-refractivity contribution in [2.75, 3.05) is 20.8 Å². The van der Waals surface area contributed by atoms with E-state index in [0.717, 1.165) is 0 Å². The van der Waals surface area contributed by atoms with Gasteiger partial charge in [-0.3, -0.25) is 9.59 Å². The topological polar surface area (TPSA) is 96.2 Å². The van der Waals surface area contributed by atoms with Gasteiger partial charge in [0, 0.05) is 5.56 Å². The molecule has 0 saturated heterocycles. The summed E-state index contributed by atoms with van der Waals surface area (Å²) in [4.78, 5) is 41.1. The number of esters is 2. The average molecular weight is 428 g/mol. The number of rotatable bonds is 6. The summed E-state index contributed by atoms with van der Waals surface area (Å²) < 4.78 is 17.2. The highest BCUT2D eigenvalue weighted by Gasteiger charge is 2.15. The molecule has 0 N–H and O–H groups in total. The highest BCUT2D eigenvalue weighted by molar-refractivity contribution is 7.16. The number of methoxy groups -OCH3 is 2. The quantitative estimate of drug-likeness (QED) is 0.560. The Morgan fingerprint density at radius 2 is 1.73 bits per heavy atom. The Balaban J connectivity index is 2.09. The molecule has 1 amide bonds. The van der Waals surface area contributed by atoms with Crippen LogP contribution in [0.2, 0.25) is 0 Å². The monoisotopic (exact) mass is 428 g/mol. The van der Waals surface area contributed by atoms with Gasteiger partial charge in [0.05, 0.1) is 36.6 Å². The van der Waals surface area contributed by atoms with Crippen molar-refractivity contribution < 1.29 is 28.6 Å². The molecule has 9 heteroatoms. The zero-order chi connectivity index (χ0) is 21.7. The van der Waals surface area contributed by atoms with Gasteiger partial charge in [0.15, 0.2) is 4.80 Å². The Hall–Kier alpha value is -3.46. The molecule has 1 heterocycles. The van der Waals surface area contributed by atoms with E-state index in [9.17, 15) is 14.4 Å². The Morgan fingerprint density at radius 3 is 2.37 bits per heavy atom. The van der Waals surface area contributed by atoms with Crippen LogP contribution in [0.25, 0.3) is 10.2 Å². The molecule has 0 aliphatic rings. The average Bonchev–Trinajstić information content (AvgIpc) is 3.09. The molecule has 0 aliphatic heterocycles. The van der Waals surface area contributed by atoms with Gasteiger partial charge in [-0.25, -0.2) is 4.79 Å². The first-order chi connectivity index (χ1) is 14.5. The minimum Gasteiger partial charge on any atom is -0.497 e. The molecular formula is C21H20N2O6S. The molecule has 0 saturated carbocycles. The SMILES string of the molecule is CCOC(=O)c1ccc2c(c1)sc(=NC(=O)c1ccc(OC)cc1)n2CC(=O)OC. The predicted molar refractivity (Wildman–Crippen MR) is 111 cm³/mol. The van der Waals surface area contributed by atoms with Crippen molar-refractivity contribution in [1.29, 1.82) is 0 Å². The third kappa shape index (κ3) is 4.57. The van der Waals surface area contributed by atoms with Crippen LogP contribution in [-0.4, -0.2) is 43.2 Å². The van der Waals surface area contributed by atoms with Crippen molar-refractivity contribution >= 4 is 39.4 Å². The maximum Gasteiger partial charge on any atom is 0.338 e. The van der Waals surface area contributed by atoms with Crippen molar-refractivity contribution in [2.24, 2.45) is 4.99 Å². The lowest BCUT2D eigenvalue weighted by atomic mass is 10.2. The number of nitrogens with zero attached hydrogens (tertiary/aromatic N) is 2. The molecular weight excluding hydrogens is 408 g/mol. The van der Waals surface area contributed by atoms with Crippen LogP contribution in [-0.2, 0) is 20.8 Å². The van der Waals surface area contributed by atoms with E-state index < -0.39 is 17.8 Å². The Labute approximate surface area is 176 Å². The molecule has 0 aliphatic carbocycles. The summed E-state index contributed by atoms with van der Waals surface area (Å²) in [6, 6.07) is 11.5. The lowest BCUT2D eigenvalue weighted by Crippen LogP contribution is -2.22. The molecule has 0 spiro atoms. The number of hydrogen-bond acceptors (Lipinski definition) is 7. The van der Waals surface area contributed by atoms with Crippen molar-refractivity contribution in [1.82, 2.24) is 4.57 Å². The number of ether oxygens (including phenoxy) is 3. The zero-order valence-corrected chi connectivity index (χ0v) is 17.5. The molecule has 0 fully saturated rings. The second-order valence-corrected chi connectivity index (χ2v) is 7.10. The van der Waals surface area contributed by atoms with Gasteiger partial charge in [-0.15, -0.1) is 0 Å². The predicted octanol–water partition coefficient (Wildman–Crippen LogP) is 2.80. The van der Waals surface area contributed by atoms with E-state index in [0.29, 0.717) is 31.9 Å². The maximum atomic E-state index is 12.7. The van der Waals surface area contributed by atoms with Crippen LogP contribution in [0.1, 0.15) is 27.6 Å². The standard InChI is InChI=1S/C21H20N2O6S/c1-4-29-20(26)14-7-10-16-17(11-14)30-21(23(16)12-18(24)28-3)22-19(25)13-5-8-15(27-2)9-6-13/h5-11H,4,12H2,1-3H3. The van der Waals surface area contributed by atoms with Crippen molar-refractivity contribution in [2.45, 2.75) is 13.5 Å². The Morgan fingerprint density at radius 1 is 1.03 bits per heavy atom. The summed E-state index contributed by atoms with van der Waals surface area (Å²) in [5, 5.41) is 0. The van der Waals surface area contributed by atoms with Crippen LogP contribution in [0.4, 0.5) is 0 Å². The normalized spacial score (nSPS) is 11.4. The summed E-state index contributed by atoms with van der Waals surface area (Å²) in [5.74, 6) is -0.767. The molecule has 3 rings (SSSR count). The van der Waals surface area contributed by atoms with E-state index >= 15 is 0 Å². The highest BCUT2D eigenvalue weighted by atomic mass is 32.1. The van der Waals surface area contributed by atoms with Gasteiger partial charge in [0.25, 0.3) is 5.91 Å². The van der Waals surface area contributed by atoms with Crippen LogP contribution in [0, 0.1) is 0 Å². The van der Waals surface area contributed by atoms with Crippen LogP contribution in [0.3, 0.4) is 0 Å². The fourth-order valence-corrected chi connectivity index (χ4v) is 3.80. The van der Waals surface area contributed by atoms with E-state index in [2.05, 4.69) is 4.99 Å². The van der Waals surface area contributed by atoms with E-state index in [1.807, 2.05) is 0 Å². The van der Waals surface area contributed by atoms with Gasteiger partial charge in [-0.05, 0) is 49.4 Å². The lowest BCUT2D eigenvalue weighted by Gasteiger charge is -2.05. The number of fused-ring (bicyclic) bond motifs is 1. The minimum absolute atomic E-state index is 0.121. The summed E-state index contributed by atoms with van der Waals surface area (Å²) >= 11 is 1.19. The van der Waals surface area contributed by atoms with E-state index in [4.69, 9.17) is 14.2 Å². The molecule has 30 heavy (non-hydrogen) atoms. The van der Waals surface area contributed by atoms with Crippen LogP contribution < -0.4 is 9.54 Å². The van der Waals surface area contributed by atoms with Gasteiger partial charge in [-0.2, -0.15) is 4.99 Å². The number of amides is 1. The van der Waals surface area contributed by atoms with Gasteiger partial charge >= 0.3 is 11.9 Å². The number of benzene rings is 2. The van der Waals surface area contributed by atoms with Crippen LogP contribution in [0.5, 0.6) is 5.75 Å². The minimum atomic E-state index is -0.484. The maximum absolute atomic E-state index is 12.7. The molecule has 8 nitrogen and oxygen atoms in total. The first kappa shape index (κ1) is 21.3. The Kier molecular flexibility index (Phi) is 6.63. The molecule has 0 bridgehead atoms. The molecule has 156 valence electrons.